The Balaban J connectivity index is 1.93. The van der Waals surface area contributed by atoms with Crippen molar-refractivity contribution in [2.75, 3.05) is 13.1 Å². The smallest absolute Gasteiger partial charge is 0.303 e. The zero-order valence-corrected chi connectivity index (χ0v) is 14.3. The molecule has 2 rings (SSSR count). The van der Waals surface area contributed by atoms with E-state index in [0.717, 1.165) is 18.9 Å². The number of hydrogen-bond donors (Lipinski definition) is 1. The van der Waals surface area contributed by atoms with Crippen LogP contribution < -0.4 is 4.74 Å². The summed E-state index contributed by atoms with van der Waals surface area (Å²) in [6.07, 6.45) is 1.71. The number of carbonyl (C=O) groups excluding carboxylic acids is 1. The number of ether oxygens (including phenoxy) is 1. The van der Waals surface area contributed by atoms with Gasteiger partial charge in [-0.1, -0.05) is 11.6 Å². The lowest BCUT2D eigenvalue weighted by Gasteiger charge is -2.34. The van der Waals surface area contributed by atoms with Gasteiger partial charge < -0.3 is 14.7 Å². The number of carbonyl (C=O) groups is 2. The van der Waals surface area contributed by atoms with Crippen LogP contribution in [0.2, 0.25) is 5.02 Å². The summed E-state index contributed by atoms with van der Waals surface area (Å²) in [5.41, 5.74) is 0. The van der Waals surface area contributed by atoms with Gasteiger partial charge in [-0.3, -0.25) is 9.59 Å². The van der Waals surface area contributed by atoms with E-state index in [1.165, 1.54) is 12.1 Å². The highest BCUT2D eigenvalue weighted by Gasteiger charge is 2.28. The Bertz CT molecular complexity index is 610. The van der Waals surface area contributed by atoms with E-state index < -0.39 is 17.9 Å². The highest BCUT2D eigenvalue weighted by atomic mass is 35.5. The maximum atomic E-state index is 13.0. The van der Waals surface area contributed by atoms with Crippen molar-refractivity contribution in [2.45, 2.75) is 38.7 Å². The maximum absolute atomic E-state index is 13.0. The van der Waals surface area contributed by atoms with Crippen LogP contribution in [0.15, 0.2) is 18.2 Å². The molecule has 0 spiro atoms. The van der Waals surface area contributed by atoms with Gasteiger partial charge in [-0.05, 0) is 50.3 Å². The second-order valence-corrected chi connectivity index (χ2v) is 6.47. The maximum Gasteiger partial charge on any atom is 0.303 e. The van der Waals surface area contributed by atoms with Crippen LogP contribution in [0.25, 0.3) is 0 Å². The number of likely N-dealkylation sites (tertiary alicyclic amines) is 1. The topological polar surface area (TPSA) is 66.8 Å². The Labute approximate surface area is 145 Å². The van der Waals surface area contributed by atoms with E-state index in [0.29, 0.717) is 19.5 Å². The Kier molecular flexibility index (Phi) is 6.43. The van der Waals surface area contributed by atoms with Crippen LogP contribution in [0.1, 0.15) is 32.6 Å². The molecule has 1 aliphatic rings. The van der Waals surface area contributed by atoms with Crippen molar-refractivity contribution in [1.82, 2.24) is 4.90 Å². The Morgan fingerprint density at radius 2 is 2.25 bits per heavy atom. The van der Waals surface area contributed by atoms with Gasteiger partial charge >= 0.3 is 5.97 Å². The number of halogens is 2. The molecule has 132 valence electrons. The molecule has 0 unspecified atom stereocenters. The summed E-state index contributed by atoms with van der Waals surface area (Å²) in [7, 11) is 0. The molecule has 1 aliphatic heterocycles. The molecule has 0 radical (unpaired) electrons. The first-order chi connectivity index (χ1) is 11.4. The van der Waals surface area contributed by atoms with Gasteiger partial charge in [0.05, 0.1) is 5.02 Å². The van der Waals surface area contributed by atoms with Crippen LogP contribution in [0, 0.1) is 11.7 Å². The SMILES string of the molecule is C[C@@H](Oc1ccc(F)cc1Cl)C(=O)N1CCC[C@H](CCC(=O)O)C1. The number of benzene rings is 1. The van der Waals surface area contributed by atoms with E-state index in [9.17, 15) is 14.0 Å². The molecule has 2 atom stereocenters. The average molecular weight is 358 g/mol. The zero-order valence-electron chi connectivity index (χ0n) is 13.5. The normalized spacial score (nSPS) is 19.0. The van der Waals surface area contributed by atoms with Gasteiger partial charge in [0.1, 0.15) is 11.6 Å². The Hall–Kier alpha value is -1.82. The molecule has 1 aromatic rings. The summed E-state index contributed by atoms with van der Waals surface area (Å²) in [5.74, 6) is -1.00. The number of carboxylic acid groups (broad SMARTS) is 1. The fourth-order valence-corrected chi connectivity index (χ4v) is 3.11. The van der Waals surface area contributed by atoms with Gasteiger partial charge in [0, 0.05) is 19.5 Å². The van der Waals surface area contributed by atoms with Crippen molar-refractivity contribution in [1.29, 1.82) is 0 Å². The van der Waals surface area contributed by atoms with Crippen molar-refractivity contribution in [2.24, 2.45) is 5.92 Å². The highest BCUT2D eigenvalue weighted by Crippen LogP contribution is 2.27. The molecule has 7 heteroatoms. The van der Waals surface area contributed by atoms with Crippen molar-refractivity contribution in [3.63, 3.8) is 0 Å². The van der Waals surface area contributed by atoms with E-state index in [-0.39, 0.29) is 29.0 Å². The van der Waals surface area contributed by atoms with Crippen LogP contribution in [0.3, 0.4) is 0 Å². The fraction of sp³-hybridized carbons (Fsp3) is 0.529. The average Bonchev–Trinajstić information content (AvgIpc) is 2.55. The summed E-state index contributed by atoms with van der Waals surface area (Å²) in [5, 5.41) is 8.90. The predicted octanol–water partition coefficient (Wildman–Crippen LogP) is 3.35. The lowest BCUT2D eigenvalue weighted by molar-refractivity contribution is -0.140. The molecule has 5 nitrogen and oxygen atoms in total. The molecular formula is C17H21ClFNO4. The van der Waals surface area contributed by atoms with Crippen LogP contribution in [0.5, 0.6) is 5.75 Å². The van der Waals surface area contributed by atoms with Crippen molar-refractivity contribution in [3.8, 4) is 5.75 Å². The number of piperidine rings is 1. The lowest BCUT2D eigenvalue weighted by atomic mass is 9.93. The first-order valence-electron chi connectivity index (χ1n) is 7.99. The summed E-state index contributed by atoms with van der Waals surface area (Å²) in [6, 6.07) is 3.76. The van der Waals surface area contributed by atoms with E-state index in [4.69, 9.17) is 21.4 Å². The monoisotopic (exact) mass is 357 g/mol. The van der Waals surface area contributed by atoms with E-state index >= 15 is 0 Å². The van der Waals surface area contributed by atoms with E-state index in [2.05, 4.69) is 0 Å². The molecule has 1 heterocycles. The number of carboxylic acids is 1. The zero-order chi connectivity index (χ0) is 17.7. The van der Waals surface area contributed by atoms with Gasteiger partial charge in [-0.2, -0.15) is 0 Å². The predicted molar refractivity (Wildman–Crippen MR) is 87.7 cm³/mol. The second kappa shape index (κ2) is 8.33. The Morgan fingerprint density at radius 1 is 1.50 bits per heavy atom. The lowest BCUT2D eigenvalue weighted by Crippen LogP contribution is -2.45. The van der Waals surface area contributed by atoms with Gasteiger partial charge in [0.15, 0.2) is 6.10 Å². The molecule has 0 aromatic heterocycles. The van der Waals surface area contributed by atoms with Crippen molar-refractivity contribution in [3.05, 3.63) is 29.0 Å². The molecule has 0 bridgehead atoms. The molecule has 0 saturated carbocycles. The molecule has 1 aromatic carbocycles. The third kappa shape index (κ3) is 5.09. The molecule has 1 N–H and O–H groups in total. The number of amides is 1. The van der Waals surface area contributed by atoms with Gasteiger partial charge in [-0.25, -0.2) is 4.39 Å². The minimum Gasteiger partial charge on any atom is -0.481 e. The van der Waals surface area contributed by atoms with Crippen LogP contribution in [-0.4, -0.2) is 41.1 Å². The molecule has 1 amide bonds. The number of nitrogens with zero attached hydrogens (tertiary/aromatic N) is 1. The third-order valence-corrected chi connectivity index (χ3v) is 4.44. The largest absolute Gasteiger partial charge is 0.481 e. The summed E-state index contributed by atoms with van der Waals surface area (Å²) in [6.45, 7) is 2.80. The quantitative estimate of drug-likeness (QED) is 0.847. The first kappa shape index (κ1) is 18.5. The van der Waals surface area contributed by atoms with Gasteiger partial charge in [-0.15, -0.1) is 0 Å². The van der Waals surface area contributed by atoms with E-state index in [1.807, 2.05) is 0 Å². The number of aliphatic carboxylic acids is 1. The highest BCUT2D eigenvalue weighted by molar-refractivity contribution is 6.32. The molecule has 1 saturated heterocycles. The van der Waals surface area contributed by atoms with Crippen molar-refractivity contribution >= 4 is 23.5 Å². The van der Waals surface area contributed by atoms with Crippen LogP contribution >= 0.6 is 11.6 Å². The van der Waals surface area contributed by atoms with Gasteiger partial charge in [0.2, 0.25) is 0 Å². The summed E-state index contributed by atoms with van der Waals surface area (Å²) in [4.78, 5) is 24.9. The van der Waals surface area contributed by atoms with Crippen LogP contribution in [-0.2, 0) is 9.59 Å². The molecule has 24 heavy (non-hydrogen) atoms. The Morgan fingerprint density at radius 3 is 2.92 bits per heavy atom. The minimum absolute atomic E-state index is 0.115. The fourth-order valence-electron chi connectivity index (χ4n) is 2.90. The van der Waals surface area contributed by atoms with Gasteiger partial charge in [0.25, 0.3) is 5.91 Å². The number of rotatable bonds is 6. The van der Waals surface area contributed by atoms with Crippen LogP contribution in [0.4, 0.5) is 4.39 Å². The number of hydrogen-bond acceptors (Lipinski definition) is 3. The van der Waals surface area contributed by atoms with E-state index in [1.54, 1.807) is 11.8 Å². The minimum atomic E-state index is -0.818. The standard InChI is InChI=1S/C17H21ClFNO4/c1-11(24-15-6-5-13(19)9-14(15)18)17(23)20-8-2-3-12(10-20)4-7-16(21)22/h5-6,9,11-12H,2-4,7-8,10H2,1H3,(H,21,22)/t11-,12-/m1/s1. The van der Waals surface area contributed by atoms with Crippen molar-refractivity contribution < 1.29 is 23.8 Å². The molecule has 1 fully saturated rings. The third-order valence-electron chi connectivity index (χ3n) is 4.14. The second-order valence-electron chi connectivity index (χ2n) is 6.06. The summed E-state index contributed by atoms with van der Waals surface area (Å²) < 4.78 is 18.6. The molecular weight excluding hydrogens is 337 g/mol. The first-order valence-corrected chi connectivity index (χ1v) is 8.37. The summed E-state index contributed by atoms with van der Waals surface area (Å²) >= 11 is 5.91. The molecule has 0 aliphatic carbocycles.